The number of nitrogens with one attached hydrogen (secondary N) is 1. The number of hydrogen-bond donors (Lipinski definition) is 1. The highest BCUT2D eigenvalue weighted by Gasteiger charge is 2.11. The average molecular weight is 353 g/mol. The zero-order chi connectivity index (χ0) is 17.6. The molecule has 0 spiro atoms. The van der Waals surface area contributed by atoms with Crippen molar-refractivity contribution in [3.8, 4) is 11.5 Å². The van der Waals surface area contributed by atoms with Crippen LogP contribution in [0, 0.1) is 13.8 Å². The molecule has 6 heteroatoms. The van der Waals surface area contributed by atoms with Crippen molar-refractivity contribution in [3.05, 3.63) is 65.2 Å². The van der Waals surface area contributed by atoms with Crippen molar-refractivity contribution in [2.45, 2.75) is 25.6 Å². The zero-order valence-electron chi connectivity index (χ0n) is 14.2. The molecule has 5 nitrogen and oxygen atoms in total. The predicted octanol–water partition coefficient (Wildman–Crippen LogP) is 3.76. The Morgan fingerprint density at radius 3 is 2.52 bits per heavy atom. The minimum atomic E-state index is -0.0694. The van der Waals surface area contributed by atoms with Crippen molar-refractivity contribution in [1.29, 1.82) is 0 Å². The Morgan fingerprint density at radius 2 is 1.80 bits per heavy atom. The molecule has 0 aliphatic carbocycles. The number of nitrogens with zero attached hydrogens (tertiary/aromatic N) is 2. The number of carbonyl (C=O) groups is 1. The molecule has 3 aromatic rings. The van der Waals surface area contributed by atoms with Crippen molar-refractivity contribution >= 4 is 17.7 Å². The Labute approximate surface area is 150 Å². The first kappa shape index (κ1) is 17.2. The first-order valence-electron chi connectivity index (χ1n) is 7.96. The summed E-state index contributed by atoms with van der Waals surface area (Å²) in [5.41, 5.74) is 4.24. The fourth-order valence-corrected chi connectivity index (χ4v) is 3.05. The second-order valence-corrected chi connectivity index (χ2v) is 6.73. The fraction of sp³-hybridized carbons (Fsp3) is 0.211. The molecule has 0 radical (unpaired) electrons. The molecule has 1 aromatic heterocycles. The summed E-state index contributed by atoms with van der Waals surface area (Å²) in [7, 11) is 0. The van der Waals surface area contributed by atoms with Gasteiger partial charge in [0.1, 0.15) is 0 Å². The Balaban J connectivity index is 1.54. The number of thioether (sulfide) groups is 1. The van der Waals surface area contributed by atoms with Crippen LogP contribution >= 0.6 is 11.8 Å². The molecule has 1 amide bonds. The largest absolute Gasteiger partial charge is 0.411 e. The van der Waals surface area contributed by atoms with Crippen LogP contribution in [0.2, 0.25) is 0 Å². The van der Waals surface area contributed by atoms with Gasteiger partial charge < -0.3 is 9.73 Å². The van der Waals surface area contributed by atoms with Crippen LogP contribution < -0.4 is 5.32 Å². The van der Waals surface area contributed by atoms with Gasteiger partial charge in [-0.2, -0.15) is 0 Å². The Kier molecular flexibility index (Phi) is 5.50. The van der Waals surface area contributed by atoms with Gasteiger partial charge >= 0.3 is 0 Å². The van der Waals surface area contributed by atoms with E-state index < -0.39 is 0 Å². The second kappa shape index (κ2) is 7.98. The molecule has 0 atom stereocenters. The van der Waals surface area contributed by atoms with E-state index in [0.29, 0.717) is 17.7 Å². The van der Waals surface area contributed by atoms with Crippen LogP contribution in [0.1, 0.15) is 16.7 Å². The highest BCUT2D eigenvalue weighted by atomic mass is 32.2. The standard InChI is InChI=1S/C19H19N3O2S/c1-13-8-14(2)10-16(9-13)18-21-22-19(24-18)25-12-17(23)20-11-15-6-4-3-5-7-15/h3-10H,11-12H2,1-2H3,(H,20,23). The van der Waals surface area contributed by atoms with E-state index >= 15 is 0 Å². The van der Waals surface area contributed by atoms with Crippen LogP contribution in [0.5, 0.6) is 0 Å². The maximum Gasteiger partial charge on any atom is 0.277 e. The van der Waals surface area contributed by atoms with Gasteiger partial charge in [-0.15, -0.1) is 10.2 Å². The molecular weight excluding hydrogens is 334 g/mol. The Hall–Kier alpha value is -2.60. The molecule has 1 heterocycles. The van der Waals surface area contributed by atoms with Crippen molar-refractivity contribution < 1.29 is 9.21 Å². The Bertz CT molecular complexity index is 842. The number of carbonyl (C=O) groups excluding carboxylic acids is 1. The quantitative estimate of drug-likeness (QED) is 0.683. The molecule has 1 N–H and O–H groups in total. The lowest BCUT2D eigenvalue weighted by Gasteiger charge is -2.03. The van der Waals surface area contributed by atoms with E-state index in [2.05, 4.69) is 21.6 Å². The maximum atomic E-state index is 11.9. The number of rotatable bonds is 6. The van der Waals surface area contributed by atoms with Crippen LogP contribution in [0.3, 0.4) is 0 Å². The van der Waals surface area contributed by atoms with Crippen LogP contribution in [0.25, 0.3) is 11.5 Å². The van der Waals surface area contributed by atoms with Crippen molar-refractivity contribution in [1.82, 2.24) is 15.5 Å². The van der Waals surface area contributed by atoms with Gasteiger partial charge in [0, 0.05) is 12.1 Å². The van der Waals surface area contributed by atoms with Gasteiger partial charge in [0.15, 0.2) is 0 Å². The topological polar surface area (TPSA) is 68.0 Å². The van der Waals surface area contributed by atoms with Crippen LogP contribution in [-0.4, -0.2) is 21.9 Å². The third-order valence-electron chi connectivity index (χ3n) is 3.53. The molecule has 0 unspecified atom stereocenters. The highest BCUT2D eigenvalue weighted by Crippen LogP contribution is 2.24. The van der Waals surface area contributed by atoms with Crippen molar-refractivity contribution in [3.63, 3.8) is 0 Å². The van der Waals surface area contributed by atoms with Crippen molar-refractivity contribution in [2.75, 3.05) is 5.75 Å². The Morgan fingerprint density at radius 1 is 1.08 bits per heavy atom. The lowest BCUT2D eigenvalue weighted by atomic mass is 10.1. The number of amides is 1. The fourth-order valence-electron chi connectivity index (χ4n) is 2.46. The third kappa shape index (κ3) is 4.93. The average Bonchev–Trinajstić information content (AvgIpc) is 3.07. The molecule has 0 aliphatic rings. The zero-order valence-corrected chi connectivity index (χ0v) is 15.0. The van der Waals surface area contributed by atoms with Gasteiger partial charge in [-0.25, -0.2) is 0 Å². The summed E-state index contributed by atoms with van der Waals surface area (Å²) in [5, 5.41) is 11.3. The summed E-state index contributed by atoms with van der Waals surface area (Å²) in [6.07, 6.45) is 0. The molecule has 0 aliphatic heterocycles. The summed E-state index contributed by atoms with van der Waals surface area (Å²) in [6, 6.07) is 15.9. The molecule has 0 bridgehead atoms. The van der Waals surface area contributed by atoms with E-state index in [0.717, 1.165) is 22.3 Å². The van der Waals surface area contributed by atoms with E-state index in [-0.39, 0.29) is 11.7 Å². The number of hydrogen-bond acceptors (Lipinski definition) is 5. The first-order valence-corrected chi connectivity index (χ1v) is 8.94. The number of benzene rings is 2. The SMILES string of the molecule is Cc1cc(C)cc(-c2nnc(SCC(=O)NCc3ccccc3)o2)c1. The predicted molar refractivity (Wildman–Crippen MR) is 98.2 cm³/mol. The molecule has 0 saturated carbocycles. The molecule has 25 heavy (non-hydrogen) atoms. The lowest BCUT2D eigenvalue weighted by molar-refractivity contribution is -0.118. The summed E-state index contributed by atoms with van der Waals surface area (Å²) in [4.78, 5) is 11.9. The number of aromatic nitrogens is 2. The van der Waals surface area contributed by atoms with E-state index in [1.165, 1.54) is 11.8 Å². The summed E-state index contributed by atoms with van der Waals surface area (Å²) in [5.74, 6) is 0.639. The molecule has 0 fully saturated rings. The van der Waals surface area contributed by atoms with E-state index in [1.807, 2.05) is 56.3 Å². The van der Waals surface area contributed by atoms with Gasteiger partial charge in [-0.05, 0) is 31.5 Å². The van der Waals surface area contributed by atoms with E-state index in [1.54, 1.807) is 0 Å². The summed E-state index contributed by atoms with van der Waals surface area (Å²) >= 11 is 1.24. The molecule has 3 rings (SSSR count). The van der Waals surface area contributed by atoms with E-state index in [4.69, 9.17) is 4.42 Å². The maximum absolute atomic E-state index is 11.9. The van der Waals surface area contributed by atoms with Crippen LogP contribution in [-0.2, 0) is 11.3 Å². The van der Waals surface area contributed by atoms with Gasteiger partial charge in [0.05, 0.1) is 5.75 Å². The van der Waals surface area contributed by atoms with E-state index in [9.17, 15) is 4.79 Å². The monoisotopic (exact) mass is 353 g/mol. The normalized spacial score (nSPS) is 10.6. The smallest absolute Gasteiger partial charge is 0.277 e. The lowest BCUT2D eigenvalue weighted by Crippen LogP contribution is -2.24. The van der Waals surface area contributed by atoms with Crippen LogP contribution in [0.4, 0.5) is 0 Å². The first-order chi connectivity index (χ1) is 12.1. The third-order valence-corrected chi connectivity index (χ3v) is 4.35. The minimum absolute atomic E-state index is 0.0694. The van der Waals surface area contributed by atoms with Gasteiger partial charge in [-0.1, -0.05) is 59.3 Å². The molecule has 2 aromatic carbocycles. The molecule has 0 saturated heterocycles. The number of aryl methyl sites for hydroxylation is 2. The highest BCUT2D eigenvalue weighted by molar-refractivity contribution is 7.99. The molecular formula is C19H19N3O2S. The summed E-state index contributed by atoms with van der Waals surface area (Å²) in [6.45, 7) is 4.57. The van der Waals surface area contributed by atoms with Gasteiger partial charge in [0.25, 0.3) is 5.22 Å². The minimum Gasteiger partial charge on any atom is -0.411 e. The summed E-state index contributed by atoms with van der Waals surface area (Å²) < 4.78 is 5.65. The van der Waals surface area contributed by atoms with Crippen molar-refractivity contribution in [2.24, 2.45) is 0 Å². The van der Waals surface area contributed by atoms with Gasteiger partial charge in [0.2, 0.25) is 11.8 Å². The van der Waals surface area contributed by atoms with Crippen LogP contribution in [0.15, 0.2) is 58.2 Å². The van der Waals surface area contributed by atoms with Gasteiger partial charge in [-0.3, -0.25) is 4.79 Å². The molecule has 128 valence electrons. The second-order valence-electron chi connectivity index (χ2n) is 5.80.